The van der Waals surface area contributed by atoms with Gasteiger partial charge in [0, 0.05) is 0 Å². The van der Waals surface area contributed by atoms with Crippen molar-refractivity contribution in [2.75, 3.05) is 0 Å². The zero-order valence-corrected chi connectivity index (χ0v) is 11.0. The molecule has 17 heavy (non-hydrogen) atoms. The summed E-state index contributed by atoms with van der Waals surface area (Å²) in [5, 5.41) is 20.0. The summed E-state index contributed by atoms with van der Waals surface area (Å²) in [6, 6.07) is 9.36. The Balaban J connectivity index is 2.50. The second-order valence-corrected chi connectivity index (χ2v) is 5.39. The van der Waals surface area contributed by atoms with Gasteiger partial charge in [0.15, 0.2) is 0 Å². The second kappa shape index (κ2) is 6.77. The topological polar surface area (TPSA) is 40.5 Å². The number of rotatable bonds is 6. The SMILES string of the molecule is CC(C)CC(C)CC(O)C(O)c1ccccc1. The lowest BCUT2D eigenvalue weighted by molar-refractivity contribution is 0.00349. The maximum atomic E-state index is 10.0. The van der Waals surface area contributed by atoms with E-state index in [1.807, 2.05) is 30.3 Å². The summed E-state index contributed by atoms with van der Waals surface area (Å²) in [4.78, 5) is 0. The summed E-state index contributed by atoms with van der Waals surface area (Å²) in [7, 11) is 0. The largest absolute Gasteiger partial charge is 0.390 e. The maximum Gasteiger partial charge on any atom is 0.105 e. The summed E-state index contributed by atoms with van der Waals surface area (Å²) in [6.45, 7) is 6.48. The highest BCUT2D eigenvalue weighted by atomic mass is 16.3. The van der Waals surface area contributed by atoms with Crippen molar-refractivity contribution in [1.29, 1.82) is 0 Å². The predicted octanol–water partition coefficient (Wildman–Crippen LogP) is 3.15. The van der Waals surface area contributed by atoms with Crippen molar-refractivity contribution in [2.24, 2.45) is 11.8 Å². The molecule has 0 aliphatic carbocycles. The lowest BCUT2D eigenvalue weighted by Crippen LogP contribution is -2.21. The van der Waals surface area contributed by atoms with Gasteiger partial charge in [-0.15, -0.1) is 0 Å². The van der Waals surface area contributed by atoms with Gasteiger partial charge in [0.1, 0.15) is 6.10 Å². The zero-order chi connectivity index (χ0) is 12.8. The summed E-state index contributed by atoms with van der Waals surface area (Å²) in [5.41, 5.74) is 0.789. The summed E-state index contributed by atoms with van der Waals surface area (Å²) >= 11 is 0. The van der Waals surface area contributed by atoms with Gasteiger partial charge in [-0.05, 0) is 30.2 Å². The summed E-state index contributed by atoms with van der Waals surface area (Å²) in [6.07, 6.45) is 0.282. The fraction of sp³-hybridized carbons (Fsp3) is 0.600. The van der Waals surface area contributed by atoms with Crippen molar-refractivity contribution in [3.63, 3.8) is 0 Å². The van der Waals surface area contributed by atoms with Crippen molar-refractivity contribution in [1.82, 2.24) is 0 Å². The Morgan fingerprint density at radius 2 is 1.53 bits per heavy atom. The predicted molar refractivity (Wildman–Crippen MR) is 70.6 cm³/mol. The minimum absolute atomic E-state index is 0.434. The van der Waals surface area contributed by atoms with Crippen molar-refractivity contribution >= 4 is 0 Å². The summed E-state index contributed by atoms with van der Waals surface area (Å²) in [5.74, 6) is 1.06. The molecule has 0 heterocycles. The van der Waals surface area contributed by atoms with Gasteiger partial charge in [0.2, 0.25) is 0 Å². The fourth-order valence-corrected chi connectivity index (χ4v) is 2.31. The van der Waals surface area contributed by atoms with E-state index in [0.29, 0.717) is 18.3 Å². The van der Waals surface area contributed by atoms with Gasteiger partial charge < -0.3 is 10.2 Å². The third-order valence-corrected chi connectivity index (χ3v) is 3.02. The van der Waals surface area contributed by atoms with E-state index in [1.165, 1.54) is 0 Å². The Morgan fingerprint density at radius 1 is 0.941 bits per heavy atom. The van der Waals surface area contributed by atoms with Crippen LogP contribution in [0.5, 0.6) is 0 Å². The maximum absolute atomic E-state index is 10.0. The van der Waals surface area contributed by atoms with Crippen LogP contribution >= 0.6 is 0 Å². The molecule has 0 bridgehead atoms. The Labute approximate surface area is 104 Å². The van der Waals surface area contributed by atoms with E-state index in [-0.39, 0.29) is 0 Å². The first-order valence-corrected chi connectivity index (χ1v) is 6.41. The molecule has 0 aliphatic heterocycles. The highest BCUT2D eigenvalue weighted by molar-refractivity contribution is 5.18. The quantitative estimate of drug-likeness (QED) is 0.796. The van der Waals surface area contributed by atoms with Crippen molar-refractivity contribution in [3.8, 4) is 0 Å². The van der Waals surface area contributed by atoms with E-state index in [2.05, 4.69) is 20.8 Å². The molecule has 0 aliphatic rings. The van der Waals surface area contributed by atoms with E-state index in [4.69, 9.17) is 0 Å². The lowest BCUT2D eigenvalue weighted by Gasteiger charge is -2.22. The number of hydrogen-bond donors (Lipinski definition) is 2. The minimum Gasteiger partial charge on any atom is -0.390 e. The lowest BCUT2D eigenvalue weighted by atomic mass is 9.90. The van der Waals surface area contributed by atoms with Crippen molar-refractivity contribution in [2.45, 2.75) is 45.8 Å². The van der Waals surface area contributed by atoms with Crippen molar-refractivity contribution < 1.29 is 10.2 Å². The third-order valence-electron chi connectivity index (χ3n) is 3.02. The van der Waals surface area contributed by atoms with Crippen LogP contribution in [0.4, 0.5) is 0 Å². The van der Waals surface area contributed by atoms with Gasteiger partial charge in [0.25, 0.3) is 0 Å². The molecule has 0 amide bonds. The molecule has 2 heteroatoms. The summed E-state index contributed by atoms with van der Waals surface area (Å²) < 4.78 is 0. The van der Waals surface area contributed by atoms with E-state index < -0.39 is 12.2 Å². The molecule has 0 spiro atoms. The molecular formula is C15H24O2. The molecule has 0 radical (unpaired) electrons. The molecule has 1 aromatic rings. The molecule has 1 aromatic carbocycles. The van der Waals surface area contributed by atoms with Crippen molar-refractivity contribution in [3.05, 3.63) is 35.9 Å². The van der Waals surface area contributed by atoms with E-state index in [9.17, 15) is 10.2 Å². The monoisotopic (exact) mass is 236 g/mol. The van der Waals surface area contributed by atoms with Crippen LogP contribution in [0.25, 0.3) is 0 Å². The molecular weight excluding hydrogens is 212 g/mol. The molecule has 0 aromatic heterocycles. The fourth-order valence-electron chi connectivity index (χ4n) is 2.31. The molecule has 1 rings (SSSR count). The Hall–Kier alpha value is -0.860. The van der Waals surface area contributed by atoms with Crippen LogP contribution in [-0.4, -0.2) is 16.3 Å². The molecule has 0 saturated carbocycles. The van der Waals surface area contributed by atoms with Gasteiger partial charge in [-0.1, -0.05) is 51.1 Å². The number of aliphatic hydroxyl groups excluding tert-OH is 2. The molecule has 0 saturated heterocycles. The first-order valence-electron chi connectivity index (χ1n) is 6.41. The standard InChI is InChI=1S/C15H24O2/c1-11(2)9-12(3)10-14(16)15(17)13-7-5-4-6-8-13/h4-8,11-12,14-17H,9-10H2,1-3H3. The van der Waals surface area contributed by atoms with Crippen LogP contribution in [0.2, 0.25) is 0 Å². The highest BCUT2D eigenvalue weighted by Crippen LogP contribution is 2.24. The third kappa shape index (κ3) is 4.88. The smallest absolute Gasteiger partial charge is 0.105 e. The number of hydrogen-bond acceptors (Lipinski definition) is 2. The molecule has 2 N–H and O–H groups in total. The zero-order valence-electron chi connectivity index (χ0n) is 11.0. The highest BCUT2D eigenvalue weighted by Gasteiger charge is 2.20. The molecule has 2 nitrogen and oxygen atoms in total. The van der Waals surface area contributed by atoms with Crippen LogP contribution in [0.15, 0.2) is 30.3 Å². The van der Waals surface area contributed by atoms with Gasteiger partial charge in [-0.25, -0.2) is 0 Å². The van der Waals surface area contributed by atoms with E-state index in [0.717, 1.165) is 12.0 Å². The first kappa shape index (κ1) is 14.2. The molecule has 96 valence electrons. The van der Waals surface area contributed by atoms with Gasteiger partial charge in [-0.3, -0.25) is 0 Å². The minimum atomic E-state index is -0.772. The van der Waals surface area contributed by atoms with E-state index in [1.54, 1.807) is 0 Å². The first-order chi connectivity index (χ1) is 8.00. The van der Waals surface area contributed by atoms with Crippen LogP contribution in [0.1, 0.15) is 45.3 Å². The average Bonchev–Trinajstić information content (AvgIpc) is 2.28. The second-order valence-electron chi connectivity index (χ2n) is 5.39. The number of benzene rings is 1. The molecule has 3 atom stereocenters. The molecule has 3 unspecified atom stereocenters. The Bertz CT molecular complexity index is 308. The van der Waals surface area contributed by atoms with Crippen LogP contribution in [-0.2, 0) is 0 Å². The normalized spacial score (nSPS) is 16.8. The number of aliphatic hydroxyl groups is 2. The Kier molecular flexibility index (Phi) is 5.66. The molecule has 0 fully saturated rings. The van der Waals surface area contributed by atoms with Gasteiger partial charge >= 0.3 is 0 Å². The van der Waals surface area contributed by atoms with Crippen LogP contribution in [0, 0.1) is 11.8 Å². The van der Waals surface area contributed by atoms with E-state index >= 15 is 0 Å². The Morgan fingerprint density at radius 3 is 2.06 bits per heavy atom. The average molecular weight is 236 g/mol. The van der Waals surface area contributed by atoms with Gasteiger partial charge in [-0.2, -0.15) is 0 Å². The van der Waals surface area contributed by atoms with Crippen LogP contribution in [0.3, 0.4) is 0 Å². The van der Waals surface area contributed by atoms with Crippen LogP contribution < -0.4 is 0 Å². The van der Waals surface area contributed by atoms with Gasteiger partial charge in [0.05, 0.1) is 6.10 Å².